The summed E-state index contributed by atoms with van der Waals surface area (Å²) in [4.78, 5) is 4.49. The van der Waals surface area contributed by atoms with Crippen LogP contribution in [0.1, 0.15) is 0 Å². The van der Waals surface area contributed by atoms with E-state index in [9.17, 15) is 0 Å². The minimum absolute atomic E-state index is 0.591. The van der Waals surface area contributed by atoms with Gasteiger partial charge in [0.1, 0.15) is 12.4 Å². The number of nitrogens with one attached hydrogen (secondary N) is 1. The van der Waals surface area contributed by atoms with E-state index in [4.69, 9.17) is 16.3 Å². The number of aromatic nitrogens is 1. The lowest BCUT2D eigenvalue weighted by Crippen LogP contribution is -2.11. The normalized spacial score (nSPS) is 10.7. The Kier molecular flexibility index (Phi) is 4.04. The van der Waals surface area contributed by atoms with Gasteiger partial charge < -0.3 is 10.1 Å². The Hall–Kier alpha value is -1.78. The maximum absolute atomic E-state index is 6.13. The van der Waals surface area contributed by atoms with Crippen LogP contribution in [0.2, 0.25) is 5.02 Å². The number of nitrogens with zero attached hydrogens (tertiary/aromatic N) is 1. The maximum atomic E-state index is 6.13. The fourth-order valence-electron chi connectivity index (χ4n) is 1.83. The number of halogens is 1. The molecule has 102 valence electrons. The molecule has 0 fully saturated rings. The summed E-state index contributed by atoms with van der Waals surface area (Å²) in [6, 6.07) is 15.5. The summed E-state index contributed by atoms with van der Waals surface area (Å²) in [6.45, 7) is 1.29. The number of hydrogen-bond acceptors (Lipinski definition) is 4. The zero-order valence-corrected chi connectivity index (χ0v) is 12.2. The molecule has 1 N–H and O–H groups in total. The predicted molar refractivity (Wildman–Crippen MR) is 85.1 cm³/mol. The third-order valence-electron chi connectivity index (χ3n) is 2.76. The number of hydrogen-bond donors (Lipinski definition) is 1. The van der Waals surface area contributed by atoms with Crippen molar-refractivity contribution in [1.82, 2.24) is 4.98 Å². The van der Waals surface area contributed by atoms with Crippen LogP contribution in [-0.2, 0) is 0 Å². The molecule has 0 amide bonds. The van der Waals surface area contributed by atoms with Gasteiger partial charge in [-0.2, -0.15) is 0 Å². The highest BCUT2D eigenvalue weighted by atomic mass is 35.5. The third-order valence-corrected chi connectivity index (χ3v) is 4.25. The molecule has 0 aliphatic carbocycles. The van der Waals surface area contributed by atoms with Crippen LogP contribution in [0.3, 0.4) is 0 Å². The summed E-state index contributed by atoms with van der Waals surface area (Å²) in [6.07, 6.45) is 0. The van der Waals surface area contributed by atoms with Gasteiger partial charge in [-0.05, 0) is 24.3 Å². The average molecular weight is 305 g/mol. The van der Waals surface area contributed by atoms with Crippen molar-refractivity contribution in [3.8, 4) is 5.75 Å². The third kappa shape index (κ3) is 3.03. The quantitative estimate of drug-likeness (QED) is 0.708. The molecular weight excluding hydrogens is 292 g/mol. The Morgan fingerprint density at radius 2 is 1.95 bits per heavy atom. The highest BCUT2D eigenvalue weighted by Gasteiger charge is 2.05. The number of fused-ring (bicyclic) bond motifs is 1. The van der Waals surface area contributed by atoms with Crippen molar-refractivity contribution in [2.45, 2.75) is 0 Å². The Morgan fingerprint density at radius 1 is 1.10 bits per heavy atom. The van der Waals surface area contributed by atoms with Crippen LogP contribution >= 0.6 is 22.9 Å². The first-order valence-electron chi connectivity index (χ1n) is 6.30. The number of para-hydroxylation sites is 1. The SMILES string of the molecule is Clc1cccc2nc(NCCOc3ccccc3)sc12. The van der Waals surface area contributed by atoms with Gasteiger partial charge in [0.05, 0.1) is 21.8 Å². The van der Waals surface area contributed by atoms with E-state index in [1.54, 1.807) is 11.3 Å². The maximum Gasteiger partial charge on any atom is 0.183 e. The van der Waals surface area contributed by atoms with Gasteiger partial charge in [-0.3, -0.25) is 0 Å². The van der Waals surface area contributed by atoms with Gasteiger partial charge in [-0.1, -0.05) is 47.2 Å². The zero-order valence-electron chi connectivity index (χ0n) is 10.7. The molecule has 3 rings (SSSR count). The first-order chi connectivity index (χ1) is 9.83. The van der Waals surface area contributed by atoms with E-state index >= 15 is 0 Å². The monoisotopic (exact) mass is 304 g/mol. The molecule has 20 heavy (non-hydrogen) atoms. The zero-order chi connectivity index (χ0) is 13.8. The van der Waals surface area contributed by atoms with Crippen molar-refractivity contribution in [3.05, 3.63) is 53.6 Å². The topological polar surface area (TPSA) is 34.2 Å². The Labute approximate surface area is 126 Å². The number of benzene rings is 2. The first-order valence-corrected chi connectivity index (χ1v) is 7.49. The highest BCUT2D eigenvalue weighted by Crippen LogP contribution is 2.31. The van der Waals surface area contributed by atoms with Crippen molar-refractivity contribution < 1.29 is 4.74 Å². The summed E-state index contributed by atoms with van der Waals surface area (Å²) in [5.41, 5.74) is 0.925. The molecular formula is C15H13ClN2OS. The van der Waals surface area contributed by atoms with Crippen molar-refractivity contribution in [2.75, 3.05) is 18.5 Å². The molecule has 5 heteroatoms. The van der Waals surface area contributed by atoms with Crippen molar-refractivity contribution >= 4 is 38.3 Å². The van der Waals surface area contributed by atoms with Crippen LogP contribution in [0.4, 0.5) is 5.13 Å². The summed E-state index contributed by atoms with van der Waals surface area (Å²) in [7, 11) is 0. The Balaban J connectivity index is 1.56. The van der Waals surface area contributed by atoms with Crippen LogP contribution in [0, 0.1) is 0 Å². The minimum Gasteiger partial charge on any atom is -0.492 e. The molecule has 0 aliphatic rings. The minimum atomic E-state index is 0.591. The Morgan fingerprint density at radius 3 is 2.75 bits per heavy atom. The summed E-state index contributed by atoms with van der Waals surface area (Å²) in [5, 5.41) is 4.86. The van der Waals surface area contributed by atoms with Crippen LogP contribution in [0.15, 0.2) is 48.5 Å². The van der Waals surface area contributed by atoms with Crippen LogP contribution < -0.4 is 10.1 Å². The number of ether oxygens (including phenoxy) is 1. The van der Waals surface area contributed by atoms with E-state index in [-0.39, 0.29) is 0 Å². The van der Waals surface area contributed by atoms with Gasteiger partial charge >= 0.3 is 0 Å². The number of anilines is 1. The van der Waals surface area contributed by atoms with Crippen molar-refractivity contribution in [3.63, 3.8) is 0 Å². The number of thiazole rings is 1. The highest BCUT2D eigenvalue weighted by molar-refractivity contribution is 7.22. The van der Waals surface area contributed by atoms with Gasteiger partial charge in [0.15, 0.2) is 5.13 Å². The summed E-state index contributed by atoms with van der Waals surface area (Å²) in [5.74, 6) is 0.877. The lowest BCUT2D eigenvalue weighted by Gasteiger charge is -2.05. The molecule has 0 saturated carbocycles. The van der Waals surface area contributed by atoms with E-state index in [1.807, 2.05) is 48.5 Å². The lowest BCUT2D eigenvalue weighted by atomic mass is 10.3. The van der Waals surface area contributed by atoms with Crippen molar-refractivity contribution in [2.24, 2.45) is 0 Å². The van der Waals surface area contributed by atoms with Crippen molar-refractivity contribution in [1.29, 1.82) is 0 Å². The van der Waals surface area contributed by atoms with Gasteiger partial charge in [0, 0.05) is 0 Å². The van der Waals surface area contributed by atoms with Crippen LogP contribution in [0.5, 0.6) is 5.75 Å². The molecule has 1 heterocycles. The van der Waals surface area contributed by atoms with Gasteiger partial charge in [-0.25, -0.2) is 4.98 Å². The molecule has 1 aromatic heterocycles. The second kappa shape index (κ2) is 6.11. The molecule has 0 aliphatic heterocycles. The van der Waals surface area contributed by atoms with E-state index in [2.05, 4.69) is 10.3 Å². The largest absolute Gasteiger partial charge is 0.492 e. The molecule has 0 atom stereocenters. The molecule has 0 spiro atoms. The van der Waals surface area contributed by atoms with Crippen LogP contribution in [-0.4, -0.2) is 18.1 Å². The molecule has 3 aromatic rings. The first kappa shape index (κ1) is 13.2. The molecule has 0 bridgehead atoms. The number of rotatable bonds is 5. The van der Waals surface area contributed by atoms with E-state index in [0.717, 1.165) is 26.1 Å². The lowest BCUT2D eigenvalue weighted by molar-refractivity contribution is 0.333. The molecule has 0 radical (unpaired) electrons. The summed E-state index contributed by atoms with van der Waals surface area (Å²) >= 11 is 7.69. The van der Waals surface area contributed by atoms with Gasteiger partial charge in [-0.15, -0.1) is 0 Å². The van der Waals surface area contributed by atoms with E-state index in [1.165, 1.54) is 0 Å². The second-order valence-electron chi connectivity index (χ2n) is 4.20. The second-order valence-corrected chi connectivity index (χ2v) is 5.60. The molecule has 0 unspecified atom stereocenters. The molecule has 3 nitrogen and oxygen atoms in total. The smallest absolute Gasteiger partial charge is 0.183 e. The fourth-order valence-corrected chi connectivity index (χ4v) is 3.02. The van der Waals surface area contributed by atoms with Crippen LogP contribution in [0.25, 0.3) is 10.2 Å². The van der Waals surface area contributed by atoms with E-state index < -0.39 is 0 Å². The fraction of sp³-hybridized carbons (Fsp3) is 0.133. The van der Waals surface area contributed by atoms with Gasteiger partial charge in [0.2, 0.25) is 0 Å². The standard InChI is InChI=1S/C15H13ClN2OS/c16-12-7-4-8-13-14(12)20-15(18-13)17-9-10-19-11-5-2-1-3-6-11/h1-8H,9-10H2,(H,17,18). The van der Waals surface area contributed by atoms with Gasteiger partial charge in [0.25, 0.3) is 0 Å². The molecule has 2 aromatic carbocycles. The Bertz CT molecular complexity index is 699. The summed E-state index contributed by atoms with van der Waals surface area (Å²) < 4.78 is 6.63. The van der Waals surface area contributed by atoms with E-state index in [0.29, 0.717) is 13.2 Å². The predicted octanol–water partition coefficient (Wildman–Crippen LogP) is 4.44. The average Bonchev–Trinajstić information content (AvgIpc) is 2.89. The molecule has 0 saturated heterocycles.